The van der Waals surface area contributed by atoms with Crippen LogP contribution >= 0.6 is 0 Å². The summed E-state index contributed by atoms with van der Waals surface area (Å²) >= 11 is 0. The molecule has 0 saturated carbocycles. The molecule has 0 aliphatic heterocycles. The summed E-state index contributed by atoms with van der Waals surface area (Å²) in [6.45, 7) is 7.44. The summed E-state index contributed by atoms with van der Waals surface area (Å²) in [5, 5.41) is 0. The highest BCUT2D eigenvalue weighted by Gasteiger charge is 2.17. The molecule has 0 amide bonds. The maximum absolute atomic E-state index is 12.8. The minimum absolute atomic E-state index is 0.0265. The zero-order valence-corrected chi connectivity index (χ0v) is 41.5. The van der Waals surface area contributed by atoms with Crippen LogP contribution in [0, 0.1) is 0 Å². The first-order chi connectivity index (χ1) is 31.6. The Kier molecular flexibility index (Phi) is 50.5. The van der Waals surface area contributed by atoms with Crippen LogP contribution in [0.25, 0.3) is 0 Å². The van der Waals surface area contributed by atoms with Crippen molar-refractivity contribution < 1.29 is 23.8 Å². The van der Waals surface area contributed by atoms with Gasteiger partial charge in [0.05, 0.1) is 6.61 Å². The molecule has 0 aromatic heterocycles. The summed E-state index contributed by atoms with van der Waals surface area (Å²) in [5.41, 5.74) is 0. The van der Waals surface area contributed by atoms with E-state index in [4.69, 9.17) is 14.2 Å². The van der Waals surface area contributed by atoms with Gasteiger partial charge >= 0.3 is 11.9 Å². The Morgan fingerprint density at radius 2 is 0.734 bits per heavy atom. The number of allylic oxidation sites excluding steroid dienone is 20. The first kappa shape index (κ1) is 60.3. The Hall–Kier alpha value is -3.70. The average Bonchev–Trinajstić information content (AvgIpc) is 3.30. The van der Waals surface area contributed by atoms with Crippen LogP contribution in [0.3, 0.4) is 0 Å². The molecule has 0 bridgehead atoms. The summed E-state index contributed by atoms with van der Waals surface area (Å²) in [4.78, 5) is 25.4. The fourth-order valence-electron chi connectivity index (χ4n) is 6.70. The molecule has 362 valence electrons. The topological polar surface area (TPSA) is 61.8 Å². The van der Waals surface area contributed by atoms with Crippen LogP contribution in [0.15, 0.2) is 122 Å². The van der Waals surface area contributed by atoms with Gasteiger partial charge in [0.15, 0.2) is 6.10 Å². The number of unbranched alkanes of at least 4 members (excludes halogenated alkanes) is 15. The highest BCUT2D eigenvalue weighted by atomic mass is 16.6. The second-order valence-electron chi connectivity index (χ2n) is 16.7. The van der Waals surface area contributed by atoms with Crippen molar-refractivity contribution in [2.45, 2.75) is 219 Å². The lowest BCUT2D eigenvalue weighted by Gasteiger charge is -2.18. The Morgan fingerprint density at radius 3 is 1.17 bits per heavy atom. The number of carbonyl (C=O) groups is 2. The van der Waals surface area contributed by atoms with Crippen LogP contribution < -0.4 is 0 Å². The zero-order valence-electron chi connectivity index (χ0n) is 41.5. The van der Waals surface area contributed by atoms with Crippen LogP contribution in [0.4, 0.5) is 0 Å². The molecule has 0 spiro atoms. The van der Waals surface area contributed by atoms with Crippen LogP contribution in [0.1, 0.15) is 213 Å². The highest BCUT2D eigenvalue weighted by molar-refractivity contribution is 5.70. The molecule has 5 nitrogen and oxygen atoms in total. The third kappa shape index (κ3) is 50.9. The first-order valence-corrected chi connectivity index (χ1v) is 26.1. The molecule has 0 saturated heterocycles. The van der Waals surface area contributed by atoms with Crippen LogP contribution in [0.5, 0.6) is 0 Å². The Bertz CT molecular complexity index is 1320. The second kappa shape index (κ2) is 53.6. The van der Waals surface area contributed by atoms with E-state index in [1.54, 1.807) is 0 Å². The van der Waals surface area contributed by atoms with E-state index >= 15 is 0 Å². The number of hydrogen-bond acceptors (Lipinski definition) is 5. The lowest BCUT2D eigenvalue weighted by atomic mass is 10.0. The van der Waals surface area contributed by atoms with Gasteiger partial charge in [-0.1, -0.05) is 226 Å². The predicted octanol–water partition coefficient (Wildman–Crippen LogP) is 17.8. The van der Waals surface area contributed by atoms with Crippen LogP contribution in [-0.2, 0) is 23.8 Å². The van der Waals surface area contributed by atoms with E-state index in [0.717, 1.165) is 109 Å². The van der Waals surface area contributed by atoms with E-state index in [1.165, 1.54) is 64.2 Å². The van der Waals surface area contributed by atoms with E-state index in [0.29, 0.717) is 25.9 Å². The molecule has 5 heteroatoms. The lowest BCUT2D eigenvalue weighted by molar-refractivity contribution is -0.162. The molecule has 0 aliphatic carbocycles. The van der Waals surface area contributed by atoms with Gasteiger partial charge in [-0.25, -0.2) is 0 Å². The maximum atomic E-state index is 12.8. The molecule has 64 heavy (non-hydrogen) atoms. The monoisotopic (exact) mass is 885 g/mol. The van der Waals surface area contributed by atoms with Gasteiger partial charge in [0.2, 0.25) is 0 Å². The smallest absolute Gasteiger partial charge is 0.306 e. The molecule has 0 aromatic carbocycles. The fourth-order valence-corrected chi connectivity index (χ4v) is 6.70. The van der Waals surface area contributed by atoms with Crippen molar-refractivity contribution in [3.63, 3.8) is 0 Å². The van der Waals surface area contributed by atoms with Gasteiger partial charge in [0, 0.05) is 19.4 Å². The molecule has 0 rings (SSSR count). The normalized spacial score (nSPS) is 13.2. The van der Waals surface area contributed by atoms with Crippen LogP contribution in [0.2, 0.25) is 0 Å². The number of rotatable bonds is 46. The largest absolute Gasteiger partial charge is 0.462 e. The van der Waals surface area contributed by atoms with E-state index in [-0.39, 0.29) is 25.2 Å². The maximum Gasteiger partial charge on any atom is 0.306 e. The minimum atomic E-state index is -0.589. The SMILES string of the molecule is CC/C=C\C/C=C\C/C=C\C/C=C\C/C=C\C/C=C\CCC(=O)OCC(COCCCCC/C=C\C/C=C\C/C=C\C/C=C\CC)OC(=O)CCCCCCCCCCCCCCC. The molecular weight excluding hydrogens is 789 g/mol. The molecule has 0 heterocycles. The summed E-state index contributed by atoms with van der Waals surface area (Å²) in [7, 11) is 0. The zero-order chi connectivity index (χ0) is 46.3. The van der Waals surface area contributed by atoms with Gasteiger partial charge < -0.3 is 14.2 Å². The van der Waals surface area contributed by atoms with Crippen molar-refractivity contribution in [3.8, 4) is 0 Å². The Morgan fingerprint density at radius 1 is 0.359 bits per heavy atom. The van der Waals surface area contributed by atoms with Crippen molar-refractivity contribution >= 4 is 11.9 Å². The third-order valence-corrected chi connectivity index (χ3v) is 10.5. The molecule has 0 N–H and O–H groups in total. The van der Waals surface area contributed by atoms with Crippen molar-refractivity contribution in [2.24, 2.45) is 0 Å². The molecule has 1 atom stereocenters. The highest BCUT2D eigenvalue weighted by Crippen LogP contribution is 2.14. The van der Waals surface area contributed by atoms with E-state index in [2.05, 4.69) is 136 Å². The summed E-state index contributed by atoms with van der Waals surface area (Å²) in [6.07, 6.45) is 75.1. The van der Waals surface area contributed by atoms with Crippen molar-refractivity contribution in [3.05, 3.63) is 122 Å². The Balaban J connectivity index is 4.45. The molecular formula is C59H96O5. The lowest BCUT2D eigenvalue weighted by Crippen LogP contribution is -2.30. The first-order valence-electron chi connectivity index (χ1n) is 26.1. The van der Waals surface area contributed by atoms with E-state index in [1.807, 2.05) is 6.08 Å². The summed E-state index contributed by atoms with van der Waals surface area (Å²) in [5.74, 6) is -0.517. The number of hydrogen-bond donors (Lipinski definition) is 0. The van der Waals surface area contributed by atoms with Gasteiger partial charge in [-0.15, -0.1) is 0 Å². The average molecular weight is 885 g/mol. The van der Waals surface area contributed by atoms with Gasteiger partial charge in [-0.2, -0.15) is 0 Å². The van der Waals surface area contributed by atoms with Gasteiger partial charge in [-0.3, -0.25) is 9.59 Å². The Labute approximate surface area is 395 Å². The molecule has 1 unspecified atom stereocenters. The molecule has 0 aromatic rings. The number of carbonyl (C=O) groups excluding carboxylic acids is 2. The van der Waals surface area contributed by atoms with Crippen molar-refractivity contribution in [1.29, 1.82) is 0 Å². The van der Waals surface area contributed by atoms with Gasteiger partial charge in [0.1, 0.15) is 6.61 Å². The second-order valence-corrected chi connectivity index (χ2v) is 16.7. The van der Waals surface area contributed by atoms with Crippen molar-refractivity contribution in [2.75, 3.05) is 19.8 Å². The van der Waals surface area contributed by atoms with E-state index in [9.17, 15) is 9.59 Å². The van der Waals surface area contributed by atoms with E-state index < -0.39 is 6.10 Å². The molecule has 0 radical (unpaired) electrons. The van der Waals surface area contributed by atoms with Crippen LogP contribution in [-0.4, -0.2) is 37.9 Å². The fraction of sp³-hybridized carbons (Fsp3) is 0.627. The van der Waals surface area contributed by atoms with Gasteiger partial charge in [0.25, 0.3) is 0 Å². The van der Waals surface area contributed by atoms with Gasteiger partial charge in [-0.05, 0) is 96.3 Å². The minimum Gasteiger partial charge on any atom is -0.462 e. The third-order valence-electron chi connectivity index (χ3n) is 10.5. The molecule has 0 fully saturated rings. The molecule has 0 aliphatic rings. The summed E-state index contributed by atoms with van der Waals surface area (Å²) in [6, 6.07) is 0. The summed E-state index contributed by atoms with van der Waals surface area (Å²) < 4.78 is 17.3. The number of esters is 2. The standard InChI is InChI=1S/C59H96O5/c1-4-7-10-13-16-19-22-25-27-29-30-31-32-35-37-40-43-46-49-52-58(60)63-56-57(64-59(61)53-50-47-44-41-38-34-24-21-18-15-12-9-6-3)55-62-54-51-48-45-42-39-36-33-28-26-23-20-17-14-11-8-5-2/h7-8,10-11,16-17,19-20,25-28,30-31,35-37,39,43,46,57H,4-6,9,12-15,18,21-24,29,32-34,38,40-42,44-45,47-56H2,1-3H3/b10-7-,11-8-,19-16-,20-17-,27-25-,28-26-,31-30-,37-35-,39-36-,46-43-. The van der Waals surface area contributed by atoms with Crippen molar-refractivity contribution in [1.82, 2.24) is 0 Å². The quantitative estimate of drug-likeness (QED) is 0.0346. The predicted molar refractivity (Wildman–Crippen MR) is 279 cm³/mol. The number of ether oxygens (including phenoxy) is 3.